The van der Waals surface area contributed by atoms with Crippen molar-refractivity contribution in [2.24, 2.45) is 0 Å². The van der Waals surface area contributed by atoms with E-state index in [2.05, 4.69) is 78.3 Å². The van der Waals surface area contributed by atoms with Gasteiger partial charge in [-0.1, -0.05) is 28.9 Å². The molecule has 102 valence electrons. The fourth-order valence-electron chi connectivity index (χ4n) is 1.64. The Morgan fingerprint density at radius 3 is 2.58 bits per heavy atom. The molecule has 2 aromatic rings. The summed E-state index contributed by atoms with van der Waals surface area (Å²) in [6.45, 7) is 2.84. The molecule has 5 heteroatoms. The number of benzene rings is 1. The van der Waals surface area contributed by atoms with Gasteiger partial charge in [-0.15, -0.1) is 11.3 Å². The van der Waals surface area contributed by atoms with Gasteiger partial charge in [0.25, 0.3) is 0 Å². The average molecular weight is 469 g/mol. The van der Waals surface area contributed by atoms with Crippen LogP contribution in [0, 0.1) is 0 Å². The lowest BCUT2D eigenvalue weighted by Crippen LogP contribution is -1.97. The number of halogens is 3. The van der Waals surface area contributed by atoms with E-state index in [-0.39, 0.29) is 4.83 Å². The van der Waals surface area contributed by atoms with E-state index in [1.807, 2.05) is 6.07 Å². The fraction of sp³-hybridized carbons (Fsp3) is 0.286. The first-order chi connectivity index (χ1) is 9.13. The van der Waals surface area contributed by atoms with Gasteiger partial charge < -0.3 is 4.74 Å². The van der Waals surface area contributed by atoms with Gasteiger partial charge in [-0.3, -0.25) is 0 Å². The highest BCUT2D eigenvalue weighted by molar-refractivity contribution is 9.11. The molecule has 1 unspecified atom stereocenters. The predicted molar refractivity (Wildman–Crippen MR) is 92.7 cm³/mol. The number of hydrogen-bond donors (Lipinski definition) is 0. The molecule has 0 aliphatic rings. The first-order valence-corrected chi connectivity index (χ1v) is 9.30. The lowest BCUT2D eigenvalue weighted by atomic mass is 10.1. The zero-order valence-corrected chi connectivity index (χ0v) is 15.9. The largest absolute Gasteiger partial charge is 0.492 e. The molecule has 1 atom stereocenters. The van der Waals surface area contributed by atoms with Crippen LogP contribution < -0.4 is 4.74 Å². The van der Waals surface area contributed by atoms with Gasteiger partial charge in [0.2, 0.25) is 0 Å². The van der Waals surface area contributed by atoms with Gasteiger partial charge in [0.15, 0.2) is 0 Å². The molecule has 0 saturated heterocycles. The summed E-state index contributed by atoms with van der Waals surface area (Å²) >= 11 is 12.6. The standard InChI is InChI=1S/C14H13Br3OS/c1-2-6-18-12-4-3-9(8-11(12)16)13(17)14-10(15)5-7-19-14/h3-5,7-8,13H,2,6H2,1H3. The first-order valence-electron chi connectivity index (χ1n) is 5.92. The molecule has 1 aromatic heterocycles. The van der Waals surface area contributed by atoms with Crippen LogP contribution in [0.4, 0.5) is 0 Å². The van der Waals surface area contributed by atoms with Crippen molar-refractivity contribution < 1.29 is 4.74 Å². The Hall–Kier alpha value is 0.160. The highest BCUT2D eigenvalue weighted by atomic mass is 79.9. The summed E-state index contributed by atoms with van der Waals surface area (Å²) in [5.74, 6) is 0.899. The van der Waals surface area contributed by atoms with Crippen LogP contribution in [-0.4, -0.2) is 6.61 Å². The Morgan fingerprint density at radius 2 is 2.00 bits per heavy atom. The number of rotatable bonds is 5. The van der Waals surface area contributed by atoms with Gasteiger partial charge in [0, 0.05) is 9.35 Å². The zero-order chi connectivity index (χ0) is 13.8. The topological polar surface area (TPSA) is 9.23 Å². The summed E-state index contributed by atoms with van der Waals surface area (Å²) in [7, 11) is 0. The molecule has 2 rings (SSSR count). The van der Waals surface area contributed by atoms with Gasteiger partial charge >= 0.3 is 0 Å². The number of thiophene rings is 1. The highest BCUT2D eigenvalue weighted by Crippen LogP contribution is 2.40. The quantitative estimate of drug-likeness (QED) is 0.452. The van der Waals surface area contributed by atoms with Crippen LogP contribution in [-0.2, 0) is 0 Å². The first kappa shape index (κ1) is 15.5. The fourth-order valence-corrected chi connectivity index (χ4v) is 4.92. The van der Waals surface area contributed by atoms with Crippen molar-refractivity contribution in [2.45, 2.75) is 18.2 Å². The Kier molecular flexibility index (Phi) is 5.93. The van der Waals surface area contributed by atoms with Crippen LogP contribution in [0.15, 0.2) is 38.6 Å². The molecule has 0 aliphatic carbocycles. The van der Waals surface area contributed by atoms with Crippen molar-refractivity contribution in [3.8, 4) is 5.75 Å². The minimum atomic E-state index is 0.193. The van der Waals surface area contributed by atoms with Crippen LogP contribution in [0.1, 0.15) is 28.6 Å². The number of alkyl halides is 1. The molecule has 0 amide bonds. The van der Waals surface area contributed by atoms with E-state index >= 15 is 0 Å². The van der Waals surface area contributed by atoms with E-state index in [0.717, 1.165) is 27.7 Å². The molecule has 0 fully saturated rings. The predicted octanol–water partition coefficient (Wildman–Crippen LogP) is 6.55. The van der Waals surface area contributed by atoms with Crippen molar-refractivity contribution in [3.63, 3.8) is 0 Å². The normalized spacial score (nSPS) is 12.4. The van der Waals surface area contributed by atoms with Crippen LogP contribution in [0.2, 0.25) is 0 Å². The summed E-state index contributed by atoms with van der Waals surface area (Å²) in [5, 5.41) is 2.08. The van der Waals surface area contributed by atoms with Crippen molar-refractivity contribution in [1.82, 2.24) is 0 Å². The third kappa shape index (κ3) is 3.84. The maximum Gasteiger partial charge on any atom is 0.133 e. The molecule has 0 N–H and O–H groups in total. The average Bonchev–Trinajstić information content (AvgIpc) is 2.82. The van der Waals surface area contributed by atoms with Crippen LogP contribution >= 0.6 is 59.1 Å². The molecular weight excluding hydrogens is 456 g/mol. The smallest absolute Gasteiger partial charge is 0.133 e. The zero-order valence-electron chi connectivity index (χ0n) is 10.3. The Labute approximate surface area is 142 Å². The van der Waals surface area contributed by atoms with Gasteiger partial charge in [0.1, 0.15) is 5.75 Å². The Morgan fingerprint density at radius 1 is 1.21 bits per heavy atom. The van der Waals surface area contributed by atoms with Gasteiger partial charge in [-0.05, 0) is 67.4 Å². The van der Waals surface area contributed by atoms with E-state index < -0.39 is 0 Å². The SMILES string of the molecule is CCCOc1ccc(C(Br)c2sccc2Br)cc1Br. The monoisotopic (exact) mass is 466 g/mol. The summed E-state index contributed by atoms with van der Waals surface area (Å²) in [5.41, 5.74) is 1.21. The lowest BCUT2D eigenvalue weighted by Gasteiger charge is -2.12. The van der Waals surface area contributed by atoms with Crippen molar-refractivity contribution in [3.05, 3.63) is 49.0 Å². The van der Waals surface area contributed by atoms with E-state index in [0.29, 0.717) is 0 Å². The molecule has 0 spiro atoms. The van der Waals surface area contributed by atoms with Gasteiger partial charge in [0.05, 0.1) is 15.9 Å². The second-order valence-corrected chi connectivity index (χ2v) is 7.61. The Balaban J connectivity index is 2.22. The minimum Gasteiger partial charge on any atom is -0.492 e. The minimum absolute atomic E-state index is 0.193. The van der Waals surface area contributed by atoms with E-state index in [1.54, 1.807) is 11.3 Å². The molecule has 1 heterocycles. The summed E-state index contributed by atoms with van der Waals surface area (Å²) < 4.78 is 7.80. The van der Waals surface area contributed by atoms with Gasteiger partial charge in [-0.2, -0.15) is 0 Å². The molecule has 0 aliphatic heterocycles. The second kappa shape index (κ2) is 7.25. The third-order valence-electron chi connectivity index (χ3n) is 2.59. The van der Waals surface area contributed by atoms with E-state index in [9.17, 15) is 0 Å². The molecule has 19 heavy (non-hydrogen) atoms. The molecule has 1 aromatic carbocycles. The molecule has 0 bridgehead atoms. The molecule has 1 nitrogen and oxygen atoms in total. The summed E-state index contributed by atoms with van der Waals surface area (Å²) in [6, 6.07) is 8.30. The molecule has 0 radical (unpaired) electrons. The Bertz CT molecular complexity index is 553. The summed E-state index contributed by atoms with van der Waals surface area (Å²) in [6.07, 6.45) is 1.01. The van der Waals surface area contributed by atoms with Crippen molar-refractivity contribution in [2.75, 3.05) is 6.61 Å². The molecule has 0 saturated carbocycles. The van der Waals surface area contributed by atoms with Gasteiger partial charge in [-0.25, -0.2) is 0 Å². The van der Waals surface area contributed by atoms with E-state index in [1.165, 1.54) is 10.4 Å². The number of hydrogen-bond acceptors (Lipinski definition) is 2. The van der Waals surface area contributed by atoms with Crippen molar-refractivity contribution in [1.29, 1.82) is 0 Å². The van der Waals surface area contributed by atoms with Crippen molar-refractivity contribution >= 4 is 59.1 Å². The number of ether oxygens (including phenoxy) is 1. The lowest BCUT2D eigenvalue weighted by molar-refractivity contribution is 0.315. The van der Waals surface area contributed by atoms with Crippen LogP contribution in [0.3, 0.4) is 0 Å². The maximum atomic E-state index is 5.67. The van der Waals surface area contributed by atoms with E-state index in [4.69, 9.17) is 4.74 Å². The van der Waals surface area contributed by atoms with Crippen LogP contribution in [0.5, 0.6) is 5.75 Å². The van der Waals surface area contributed by atoms with Crippen LogP contribution in [0.25, 0.3) is 0 Å². The highest BCUT2D eigenvalue weighted by Gasteiger charge is 2.16. The summed E-state index contributed by atoms with van der Waals surface area (Å²) in [4.78, 5) is 1.47. The third-order valence-corrected chi connectivity index (χ3v) is 6.43. The second-order valence-electron chi connectivity index (χ2n) is 4.03. The maximum absolute atomic E-state index is 5.67. The molecular formula is C14H13Br3OS.